The molecule has 3 aliphatic heterocycles. The van der Waals surface area contributed by atoms with Gasteiger partial charge >= 0.3 is 0 Å². The number of hydrogen-bond donors (Lipinski definition) is 1. The Morgan fingerprint density at radius 1 is 1.21 bits per heavy atom. The number of rotatable bonds is 2. The van der Waals surface area contributed by atoms with Crippen LogP contribution < -0.4 is 10.1 Å². The van der Waals surface area contributed by atoms with E-state index >= 15 is 0 Å². The number of carbonyl (C=O) groups excluding carboxylic acids is 1. The first-order valence-electron chi connectivity index (χ1n) is 9.42. The third-order valence-corrected chi connectivity index (χ3v) is 6.24. The van der Waals surface area contributed by atoms with Gasteiger partial charge < -0.3 is 15.0 Å². The summed E-state index contributed by atoms with van der Waals surface area (Å²) in [6, 6.07) is 8.49. The van der Waals surface area contributed by atoms with E-state index in [1.54, 1.807) is 0 Å². The van der Waals surface area contributed by atoms with Crippen molar-refractivity contribution in [2.45, 2.75) is 38.5 Å². The molecule has 1 spiro atoms. The Kier molecular flexibility index (Phi) is 4.49. The van der Waals surface area contributed by atoms with Crippen LogP contribution in [0.5, 0.6) is 5.75 Å². The number of benzene rings is 1. The largest absolute Gasteiger partial charge is 0.493 e. The second-order valence-corrected chi connectivity index (χ2v) is 7.89. The summed E-state index contributed by atoms with van der Waals surface area (Å²) in [6.07, 6.45) is 6.54. The highest BCUT2D eigenvalue weighted by atomic mass is 16.5. The molecule has 2 saturated heterocycles. The quantitative estimate of drug-likeness (QED) is 0.907. The maximum absolute atomic E-state index is 11.4. The van der Waals surface area contributed by atoms with Crippen molar-refractivity contribution in [3.63, 3.8) is 0 Å². The minimum absolute atomic E-state index is 0.236. The molecule has 1 aromatic carbocycles. The molecule has 0 bridgehead atoms. The van der Waals surface area contributed by atoms with Crippen LogP contribution >= 0.6 is 0 Å². The Bertz CT molecular complexity index is 581. The van der Waals surface area contributed by atoms with E-state index < -0.39 is 0 Å². The number of nitrogens with one attached hydrogen (secondary N) is 1. The molecule has 0 aromatic heterocycles. The van der Waals surface area contributed by atoms with Crippen molar-refractivity contribution in [1.82, 2.24) is 10.2 Å². The summed E-state index contributed by atoms with van der Waals surface area (Å²) in [5.41, 5.74) is 1.74. The van der Waals surface area contributed by atoms with Gasteiger partial charge in [-0.15, -0.1) is 0 Å². The van der Waals surface area contributed by atoms with Gasteiger partial charge in [-0.1, -0.05) is 18.2 Å². The van der Waals surface area contributed by atoms with Crippen molar-refractivity contribution in [2.24, 2.45) is 11.3 Å². The molecule has 3 heterocycles. The highest BCUT2D eigenvalue weighted by Gasteiger charge is 2.38. The maximum atomic E-state index is 11.4. The van der Waals surface area contributed by atoms with Crippen LogP contribution in [0.1, 0.15) is 37.7 Å². The highest BCUT2D eigenvalue weighted by molar-refractivity contribution is 5.76. The van der Waals surface area contributed by atoms with Crippen LogP contribution in [0.2, 0.25) is 0 Å². The van der Waals surface area contributed by atoms with E-state index in [9.17, 15) is 4.79 Å². The standard InChI is InChI=1S/C20H28N2O2/c23-19-5-7-20(15-21-19)8-10-22(11-9-20)14-16-6-12-24-18-4-2-1-3-17(18)13-16/h1-4,16H,5-15H2,(H,21,23). The number of likely N-dealkylation sites (tertiary alicyclic amines) is 1. The first kappa shape index (κ1) is 15.9. The van der Waals surface area contributed by atoms with Crippen LogP contribution in [-0.4, -0.2) is 43.6 Å². The Hall–Kier alpha value is -1.55. The van der Waals surface area contributed by atoms with Gasteiger partial charge in [0.25, 0.3) is 0 Å². The van der Waals surface area contributed by atoms with Crippen LogP contribution in [0.25, 0.3) is 0 Å². The number of fused-ring (bicyclic) bond motifs is 1. The van der Waals surface area contributed by atoms with Crippen molar-refractivity contribution in [2.75, 3.05) is 32.8 Å². The molecule has 1 N–H and O–H groups in total. The average Bonchev–Trinajstić information content (AvgIpc) is 2.81. The SMILES string of the molecule is O=C1CCC2(CCN(CC3CCOc4ccccc4C3)CC2)CN1. The van der Waals surface area contributed by atoms with Crippen molar-refractivity contribution in [3.8, 4) is 5.75 Å². The predicted molar refractivity (Wildman–Crippen MR) is 94.1 cm³/mol. The van der Waals surface area contributed by atoms with E-state index in [1.807, 2.05) is 0 Å². The Morgan fingerprint density at radius 2 is 2.04 bits per heavy atom. The van der Waals surface area contributed by atoms with Gasteiger partial charge in [0, 0.05) is 19.5 Å². The van der Waals surface area contributed by atoms with Gasteiger partial charge in [0.05, 0.1) is 6.61 Å². The van der Waals surface area contributed by atoms with Crippen LogP contribution in [0.3, 0.4) is 0 Å². The fourth-order valence-corrected chi connectivity index (χ4v) is 4.56. The molecule has 2 fully saturated rings. The summed E-state index contributed by atoms with van der Waals surface area (Å²) in [4.78, 5) is 14.1. The minimum Gasteiger partial charge on any atom is -0.493 e. The Morgan fingerprint density at radius 3 is 2.83 bits per heavy atom. The van der Waals surface area contributed by atoms with Gasteiger partial charge in [-0.2, -0.15) is 0 Å². The zero-order chi connectivity index (χ0) is 16.4. The van der Waals surface area contributed by atoms with Crippen LogP contribution in [0.15, 0.2) is 24.3 Å². The average molecular weight is 328 g/mol. The lowest BCUT2D eigenvalue weighted by Crippen LogP contribution is -2.50. The van der Waals surface area contributed by atoms with E-state index in [-0.39, 0.29) is 5.91 Å². The van der Waals surface area contributed by atoms with Gasteiger partial charge in [-0.25, -0.2) is 0 Å². The van der Waals surface area contributed by atoms with E-state index in [1.165, 1.54) is 38.0 Å². The summed E-state index contributed by atoms with van der Waals surface area (Å²) in [5, 5.41) is 3.08. The molecule has 0 saturated carbocycles. The third-order valence-electron chi connectivity index (χ3n) is 6.24. The van der Waals surface area contributed by atoms with E-state index in [4.69, 9.17) is 4.74 Å². The van der Waals surface area contributed by atoms with E-state index in [0.29, 0.717) is 11.3 Å². The smallest absolute Gasteiger partial charge is 0.220 e. The lowest BCUT2D eigenvalue weighted by atomic mass is 9.73. The molecule has 0 aliphatic carbocycles. The number of ether oxygens (including phenoxy) is 1. The second kappa shape index (κ2) is 6.75. The van der Waals surface area contributed by atoms with E-state index in [0.717, 1.165) is 44.6 Å². The maximum Gasteiger partial charge on any atom is 0.220 e. The Labute approximate surface area is 144 Å². The Balaban J connectivity index is 1.32. The number of piperidine rings is 2. The van der Waals surface area contributed by atoms with Crippen molar-refractivity contribution in [1.29, 1.82) is 0 Å². The number of nitrogens with zero attached hydrogens (tertiary/aromatic N) is 1. The molecule has 0 radical (unpaired) electrons. The molecule has 4 nitrogen and oxygen atoms in total. The second-order valence-electron chi connectivity index (χ2n) is 7.89. The first-order valence-corrected chi connectivity index (χ1v) is 9.42. The summed E-state index contributed by atoms with van der Waals surface area (Å²) in [7, 11) is 0. The number of para-hydroxylation sites is 1. The molecule has 130 valence electrons. The normalized spacial score (nSPS) is 27.0. The van der Waals surface area contributed by atoms with Gasteiger partial charge in [0.2, 0.25) is 5.91 Å². The van der Waals surface area contributed by atoms with Crippen molar-refractivity contribution < 1.29 is 9.53 Å². The minimum atomic E-state index is 0.236. The van der Waals surface area contributed by atoms with Crippen molar-refractivity contribution >= 4 is 5.91 Å². The molecule has 1 unspecified atom stereocenters. The summed E-state index contributed by atoms with van der Waals surface area (Å²) < 4.78 is 5.91. The van der Waals surface area contributed by atoms with E-state index in [2.05, 4.69) is 34.5 Å². The first-order chi connectivity index (χ1) is 11.7. The lowest BCUT2D eigenvalue weighted by molar-refractivity contribution is -0.125. The zero-order valence-electron chi connectivity index (χ0n) is 14.4. The molecule has 1 atom stereocenters. The molecular formula is C20H28N2O2. The molecule has 1 aromatic rings. The monoisotopic (exact) mass is 328 g/mol. The van der Waals surface area contributed by atoms with Crippen LogP contribution in [0, 0.1) is 11.3 Å². The topological polar surface area (TPSA) is 41.6 Å². The third kappa shape index (κ3) is 3.44. The summed E-state index contributed by atoms with van der Waals surface area (Å²) in [6.45, 7) is 5.26. The molecule has 24 heavy (non-hydrogen) atoms. The summed E-state index contributed by atoms with van der Waals surface area (Å²) in [5.74, 6) is 2.00. The van der Waals surface area contributed by atoms with Crippen molar-refractivity contribution in [3.05, 3.63) is 29.8 Å². The fourth-order valence-electron chi connectivity index (χ4n) is 4.56. The van der Waals surface area contributed by atoms with Gasteiger partial charge in [0.1, 0.15) is 5.75 Å². The number of amides is 1. The molecule has 4 rings (SSSR count). The van der Waals surface area contributed by atoms with Gasteiger partial charge in [-0.05, 0) is 68.2 Å². The van der Waals surface area contributed by atoms with Crippen LogP contribution in [-0.2, 0) is 11.2 Å². The predicted octanol–water partition coefficient (Wildman–Crippen LogP) is 2.62. The van der Waals surface area contributed by atoms with Crippen LogP contribution in [0.4, 0.5) is 0 Å². The molecular weight excluding hydrogens is 300 g/mol. The highest BCUT2D eigenvalue weighted by Crippen LogP contribution is 2.38. The molecule has 3 aliphatic rings. The fraction of sp³-hybridized carbons (Fsp3) is 0.650. The van der Waals surface area contributed by atoms with Gasteiger partial charge in [-0.3, -0.25) is 4.79 Å². The number of carbonyl (C=O) groups is 1. The molecule has 4 heteroatoms. The zero-order valence-corrected chi connectivity index (χ0v) is 14.4. The lowest BCUT2D eigenvalue weighted by Gasteiger charge is -2.44. The molecule has 1 amide bonds. The number of hydrogen-bond acceptors (Lipinski definition) is 3. The summed E-state index contributed by atoms with van der Waals surface area (Å²) >= 11 is 0. The van der Waals surface area contributed by atoms with Gasteiger partial charge in [0.15, 0.2) is 0 Å².